The van der Waals surface area contributed by atoms with Crippen LogP contribution in [0.2, 0.25) is 0 Å². The number of ether oxygens (including phenoxy) is 1. The number of unbranched alkanes of at least 4 members (excludes halogenated alkanes) is 3. The first-order valence-electron chi connectivity index (χ1n) is 6.30. The van der Waals surface area contributed by atoms with Crippen LogP contribution in [-0.4, -0.2) is 12.1 Å². The lowest BCUT2D eigenvalue weighted by Crippen LogP contribution is -2.37. The van der Waals surface area contributed by atoms with Crippen LogP contribution in [0.3, 0.4) is 0 Å². The molecule has 0 N–H and O–H groups in total. The van der Waals surface area contributed by atoms with Crippen molar-refractivity contribution in [3.05, 3.63) is 10.6 Å². The Morgan fingerprint density at radius 3 is 2.50 bits per heavy atom. The van der Waals surface area contributed by atoms with Crippen LogP contribution in [-0.2, 0) is 9.53 Å². The minimum absolute atomic E-state index is 0.0246. The Labute approximate surface area is 103 Å². The van der Waals surface area contributed by atoms with Crippen LogP contribution in [0.15, 0.2) is 10.6 Å². The van der Waals surface area contributed by atoms with Crippen LogP contribution < -0.4 is 0 Å². The smallest absolute Gasteiger partial charge is 0.339 e. The molecule has 16 heavy (non-hydrogen) atoms. The number of carbonyl (C=O) groups is 1. The van der Waals surface area contributed by atoms with Gasteiger partial charge in [-0.2, -0.15) is 0 Å². The molecule has 0 radical (unpaired) electrons. The van der Waals surface area contributed by atoms with Gasteiger partial charge < -0.3 is 4.74 Å². The molecule has 0 spiro atoms. The normalized spacial score (nSPS) is 22.7. The lowest BCUT2D eigenvalue weighted by atomic mass is 9.97. The minimum Gasteiger partial charge on any atom is -0.454 e. The molecule has 1 atom stereocenters. The average Bonchev–Trinajstić information content (AvgIpc) is 2.25. The molecule has 0 aromatic heterocycles. The van der Waals surface area contributed by atoms with Gasteiger partial charge in [0, 0.05) is 5.03 Å². The number of hydrogen-bond acceptors (Lipinski definition) is 2. The molecule has 0 saturated carbocycles. The Morgan fingerprint density at radius 2 is 1.94 bits per heavy atom. The van der Waals surface area contributed by atoms with Gasteiger partial charge in [0.2, 0.25) is 0 Å². The van der Waals surface area contributed by atoms with Gasteiger partial charge in [-0.25, -0.2) is 4.79 Å². The summed E-state index contributed by atoms with van der Waals surface area (Å²) < 4.78 is 5.12. The fraction of sp³-hybridized carbons (Fsp3) is 0.769. The lowest BCUT2D eigenvalue weighted by Gasteiger charge is -2.30. The second-order valence-corrected chi connectivity index (χ2v) is 4.77. The van der Waals surface area contributed by atoms with Crippen molar-refractivity contribution in [2.24, 2.45) is 0 Å². The molecule has 1 heterocycles. The Balaban J connectivity index is 2.45. The largest absolute Gasteiger partial charge is 0.454 e. The predicted molar refractivity (Wildman–Crippen MR) is 66.4 cm³/mol. The van der Waals surface area contributed by atoms with E-state index in [0.717, 1.165) is 42.7 Å². The lowest BCUT2D eigenvalue weighted by molar-refractivity contribution is -0.156. The zero-order valence-electron chi connectivity index (χ0n) is 10.2. The van der Waals surface area contributed by atoms with Gasteiger partial charge in [0.15, 0.2) is 0 Å². The summed E-state index contributed by atoms with van der Waals surface area (Å²) in [5.41, 5.74) is 0.742. The van der Waals surface area contributed by atoms with Crippen molar-refractivity contribution in [1.82, 2.24) is 0 Å². The topological polar surface area (TPSA) is 26.3 Å². The molecule has 0 amide bonds. The van der Waals surface area contributed by atoms with Crippen molar-refractivity contribution in [3.63, 3.8) is 0 Å². The molecule has 0 aromatic carbocycles. The van der Waals surface area contributed by atoms with Crippen LogP contribution in [0.4, 0.5) is 0 Å². The number of hydrogen-bond donors (Lipinski definition) is 0. The fourth-order valence-corrected chi connectivity index (χ4v) is 2.19. The molecular weight excluding hydrogens is 224 g/mol. The highest BCUT2D eigenvalue weighted by Gasteiger charge is 2.37. The number of cyclic esters (lactones) is 1. The zero-order chi connectivity index (χ0) is 12.0. The summed E-state index contributed by atoms with van der Waals surface area (Å²) in [6.07, 6.45) is 7.33. The van der Waals surface area contributed by atoms with E-state index in [0.29, 0.717) is 0 Å². The van der Waals surface area contributed by atoms with Gasteiger partial charge in [-0.15, -0.1) is 0 Å². The molecular formula is C13H21ClO2. The Hall–Kier alpha value is -0.500. The monoisotopic (exact) mass is 244 g/mol. The number of rotatable bonds is 7. The third-order valence-corrected chi connectivity index (χ3v) is 3.30. The molecule has 1 fully saturated rings. The van der Waals surface area contributed by atoms with Gasteiger partial charge >= 0.3 is 5.97 Å². The molecule has 1 saturated heterocycles. The molecule has 2 nitrogen and oxygen atoms in total. The molecule has 92 valence electrons. The highest BCUT2D eigenvalue weighted by atomic mass is 35.5. The van der Waals surface area contributed by atoms with Crippen molar-refractivity contribution in [3.8, 4) is 0 Å². The molecule has 0 aliphatic carbocycles. The van der Waals surface area contributed by atoms with Gasteiger partial charge in [-0.3, -0.25) is 0 Å². The number of esters is 1. The number of allylic oxidation sites excluding steroid dienone is 1. The maximum atomic E-state index is 11.3. The Bertz CT molecular complexity index is 271. The van der Waals surface area contributed by atoms with E-state index in [1.54, 1.807) is 0 Å². The SMILES string of the molecule is CCCCCC1OC(=O)/C1=C(\Cl)CCCC. The third kappa shape index (κ3) is 3.51. The quantitative estimate of drug-likeness (QED) is 0.382. The summed E-state index contributed by atoms with van der Waals surface area (Å²) in [5, 5.41) is 0.722. The maximum Gasteiger partial charge on any atom is 0.339 e. The van der Waals surface area contributed by atoms with Crippen molar-refractivity contribution >= 4 is 17.6 Å². The predicted octanol–water partition coefficient (Wildman–Crippen LogP) is 4.18. The van der Waals surface area contributed by atoms with E-state index >= 15 is 0 Å². The van der Waals surface area contributed by atoms with Gasteiger partial charge in [-0.05, 0) is 25.7 Å². The highest BCUT2D eigenvalue weighted by molar-refractivity contribution is 6.32. The Morgan fingerprint density at radius 1 is 1.25 bits per heavy atom. The van der Waals surface area contributed by atoms with E-state index in [9.17, 15) is 4.79 Å². The van der Waals surface area contributed by atoms with Gasteiger partial charge in [-0.1, -0.05) is 44.7 Å². The van der Waals surface area contributed by atoms with Gasteiger partial charge in [0.05, 0.1) is 5.57 Å². The summed E-state index contributed by atoms with van der Waals surface area (Å²) in [7, 11) is 0. The first-order chi connectivity index (χ1) is 7.70. The van der Waals surface area contributed by atoms with E-state index in [1.165, 1.54) is 12.8 Å². The molecule has 3 heteroatoms. The first-order valence-corrected chi connectivity index (χ1v) is 6.68. The number of carbonyl (C=O) groups excluding carboxylic acids is 1. The standard InChI is InChI=1S/C13H21ClO2/c1-3-5-7-9-11-12(13(15)16-11)10(14)8-6-4-2/h11H,3-9H2,1-2H3/b12-10-. The van der Waals surface area contributed by atoms with E-state index < -0.39 is 0 Å². The van der Waals surface area contributed by atoms with Crippen molar-refractivity contribution in [2.45, 2.75) is 64.9 Å². The minimum atomic E-state index is -0.206. The average molecular weight is 245 g/mol. The van der Waals surface area contributed by atoms with Crippen molar-refractivity contribution in [1.29, 1.82) is 0 Å². The maximum absolute atomic E-state index is 11.3. The van der Waals surface area contributed by atoms with Crippen LogP contribution in [0, 0.1) is 0 Å². The summed E-state index contributed by atoms with van der Waals surface area (Å²) in [5.74, 6) is -0.206. The highest BCUT2D eigenvalue weighted by Crippen LogP contribution is 2.32. The van der Waals surface area contributed by atoms with Crippen LogP contribution in [0.5, 0.6) is 0 Å². The number of halogens is 1. The van der Waals surface area contributed by atoms with Crippen LogP contribution in [0.1, 0.15) is 58.8 Å². The third-order valence-electron chi connectivity index (χ3n) is 2.90. The van der Waals surface area contributed by atoms with E-state index in [1.807, 2.05) is 0 Å². The van der Waals surface area contributed by atoms with Crippen molar-refractivity contribution < 1.29 is 9.53 Å². The second kappa shape index (κ2) is 6.95. The molecule has 1 aliphatic heterocycles. The van der Waals surface area contributed by atoms with E-state index in [-0.39, 0.29) is 12.1 Å². The molecule has 0 aromatic rings. The van der Waals surface area contributed by atoms with Gasteiger partial charge in [0.1, 0.15) is 6.10 Å². The first kappa shape index (κ1) is 13.6. The van der Waals surface area contributed by atoms with Crippen LogP contribution >= 0.6 is 11.6 Å². The molecule has 1 rings (SSSR count). The van der Waals surface area contributed by atoms with Gasteiger partial charge in [0.25, 0.3) is 0 Å². The van der Waals surface area contributed by atoms with Crippen LogP contribution in [0.25, 0.3) is 0 Å². The summed E-state index contributed by atoms with van der Waals surface area (Å²) >= 11 is 6.14. The summed E-state index contributed by atoms with van der Waals surface area (Å²) in [6.45, 7) is 4.28. The Kier molecular flexibility index (Phi) is 5.89. The fourth-order valence-electron chi connectivity index (χ4n) is 1.86. The summed E-state index contributed by atoms with van der Waals surface area (Å²) in [4.78, 5) is 11.3. The molecule has 0 bridgehead atoms. The molecule has 1 unspecified atom stereocenters. The zero-order valence-corrected chi connectivity index (χ0v) is 11.0. The van der Waals surface area contributed by atoms with Crippen molar-refractivity contribution in [2.75, 3.05) is 0 Å². The second-order valence-electron chi connectivity index (χ2n) is 4.31. The van der Waals surface area contributed by atoms with E-state index in [2.05, 4.69) is 13.8 Å². The molecule has 1 aliphatic rings. The summed E-state index contributed by atoms with van der Waals surface area (Å²) in [6, 6.07) is 0. The van der Waals surface area contributed by atoms with E-state index in [4.69, 9.17) is 16.3 Å².